The van der Waals surface area contributed by atoms with Crippen molar-refractivity contribution in [2.24, 2.45) is 0 Å². The van der Waals surface area contributed by atoms with Crippen LogP contribution in [-0.2, 0) is 9.59 Å². The third-order valence-electron chi connectivity index (χ3n) is 5.16. The van der Waals surface area contributed by atoms with E-state index < -0.39 is 29.3 Å². The van der Waals surface area contributed by atoms with E-state index in [1.54, 1.807) is 30.3 Å². The fourth-order valence-electron chi connectivity index (χ4n) is 3.62. The van der Waals surface area contributed by atoms with Gasteiger partial charge in [-0.3, -0.25) is 14.5 Å². The molecule has 4 rings (SSSR count). The molecule has 1 heterocycles. The maximum absolute atomic E-state index is 13.5. The zero-order chi connectivity index (χ0) is 23.0. The molecule has 8 heteroatoms. The zero-order valence-electron chi connectivity index (χ0n) is 16.7. The van der Waals surface area contributed by atoms with Crippen molar-refractivity contribution in [1.29, 1.82) is 0 Å². The summed E-state index contributed by atoms with van der Waals surface area (Å²) in [6, 6.07) is 15.3. The Morgan fingerprint density at radius 3 is 2.28 bits per heavy atom. The van der Waals surface area contributed by atoms with Gasteiger partial charge in [0.05, 0.1) is 23.7 Å². The molecule has 1 atom stereocenters. The number of Topliss-reactive ketones (excluding diaryl/α,β-unsaturated/α-hetero) is 1. The van der Waals surface area contributed by atoms with Crippen molar-refractivity contribution in [2.45, 2.75) is 6.04 Å². The van der Waals surface area contributed by atoms with Crippen molar-refractivity contribution in [3.05, 3.63) is 99.3 Å². The summed E-state index contributed by atoms with van der Waals surface area (Å²) in [4.78, 5) is 27.4. The van der Waals surface area contributed by atoms with Gasteiger partial charge in [-0.05, 0) is 60.2 Å². The van der Waals surface area contributed by atoms with E-state index in [1.165, 1.54) is 48.4 Å². The molecule has 32 heavy (non-hydrogen) atoms. The van der Waals surface area contributed by atoms with Crippen LogP contribution in [0.25, 0.3) is 5.76 Å². The van der Waals surface area contributed by atoms with E-state index in [2.05, 4.69) is 0 Å². The number of amides is 1. The summed E-state index contributed by atoms with van der Waals surface area (Å²) in [5.41, 5.74) is 0.807. The summed E-state index contributed by atoms with van der Waals surface area (Å²) < 4.78 is 18.7. The molecule has 162 valence electrons. The minimum absolute atomic E-state index is 0.141. The van der Waals surface area contributed by atoms with Crippen LogP contribution in [0, 0.1) is 5.82 Å². The number of rotatable bonds is 4. The van der Waals surface area contributed by atoms with E-state index in [1.807, 2.05) is 0 Å². The smallest absolute Gasteiger partial charge is 0.300 e. The lowest BCUT2D eigenvalue weighted by atomic mass is 9.95. The van der Waals surface area contributed by atoms with Crippen LogP contribution in [-0.4, -0.2) is 23.9 Å². The monoisotopic (exact) mass is 471 g/mol. The van der Waals surface area contributed by atoms with E-state index in [-0.39, 0.29) is 16.2 Å². The van der Waals surface area contributed by atoms with Crippen LogP contribution >= 0.6 is 23.2 Å². The van der Waals surface area contributed by atoms with Crippen molar-refractivity contribution in [3.63, 3.8) is 0 Å². The highest BCUT2D eigenvalue weighted by atomic mass is 35.5. The summed E-state index contributed by atoms with van der Waals surface area (Å²) in [6.07, 6.45) is 0. The van der Waals surface area contributed by atoms with Gasteiger partial charge in [0.1, 0.15) is 17.3 Å². The quantitative estimate of drug-likeness (QED) is 0.298. The first-order valence-electron chi connectivity index (χ1n) is 9.47. The molecule has 1 saturated heterocycles. The third-order valence-corrected chi connectivity index (χ3v) is 5.75. The SMILES string of the molecule is COc1ccc(Cl)c(/C(O)=C2\C(=O)C(=O)N(c3ccc(F)cc3)C2c2ccc(Cl)cc2)c1. The summed E-state index contributed by atoms with van der Waals surface area (Å²) in [6.45, 7) is 0. The van der Waals surface area contributed by atoms with Crippen LogP contribution in [0.5, 0.6) is 5.75 Å². The minimum atomic E-state index is -0.986. The normalized spacial score (nSPS) is 17.6. The van der Waals surface area contributed by atoms with Gasteiger partial charge >= 0.3 is 0 Å². The minimum Gasteiger partial charge on any atom is -0.507 e. The van der Waals surface area contributed by atoms with Crippen LogP contribution in [0.3, 0.4) is 0 Å². The Hall–Kier alpha value is -3.35. The number of hydrogen-bond donors (Lipinski definition) is 1. The standard InChI is InChI=1S/C24H16Cl2FNO4/c1-32-17-10-11-19(26)18(12-17)22(29)20-21(13-2-4-14(25)5-3-13)28(24(31)23(20)30)16-8-6-15(27)7-9-16/h2-12,21,29H,1H3/b22-20+. The van der Waals surface area contributed by atoms with E-state index >= 15 is 0 Å². The van der Waals surface area contributed by atoms with Gasteiger partial charge in [-0.25, -0.2) is 4.39 Å². The number of carbonyl (C=O) groups is 2. The second-order valence-electron chi connectivity index (χ2n) is 7.04. The molecule has 0 radical (unpaired) electrons. The molecule has 5 nitrogen and oxygen atoms in total. The van der Waals surface area contributed by atoms with Gasteiger partial charge in [0.2, 0.25) is 0 Å². The maximum Gasteiger partial charge on any atom is 0.300 e. The van der Waals surface area contributed by atoms with Gasteiger partial charge < -0.3 is 9.84 Å². The molecule has 1 fully saturated rings. The second kappa shape index (κ2) is 8.65. The lowest BCUT2D eigenvalue weighted by molar-refractivity contribution is -0.132. The van der Waals surface area contributed by atoms with E-state index in [4.69, 9.17) is 27.9 Å². The van der Waals surface area contributed by atoms with Gasteiger partial charge in [-0.1, -0.05) is 35.3 Å². The highest BCUT2D eigenvalue weighted by Crippen LogP contribution is 2.43. The summed E-state index contributed by atoms with van der Waals surface area (Å²) in [5, 5.41) is 11.8. The molecule has 0 aromatic heterocycles. The predicted molar refractivity (Wildman–Crippen MR) is 121 cm³/mol. The Labute approximate surface area is 193 Å². The number of methoxy groups -OCH3 is 1. The molecule has 1 N–H and O–H groups in total. The van der Waals surface area contributed by atoms with E-state index in [9.17, 15) is 19.1 Å². The molecule has 1 amide bonds. The molecule has 0 aliphatic carbocycles. The van der Waals surface area contributed by atoms with Gasteiger partial charge in [0, 0.05) is 16.3 Å². The number of nitrogens with zero attached hydrogens (tertiary/aromatic N) is 1. The average molecular weight is 472 g/mol. The lowest BCUT2D eigenvalue weighted by Gasteiger charge is -2.25. The Balaban J connectivity index is 1.96. The number of aliphatic hydroxyl groups is 1. The first kappa shape index (κ1) is 21.9. The largest absolute Gasteiger partial charge is 0.507 e. The number of halogens is 3. The Kier molecular flexibility index (Phi) is 5.91. The van der Waals surface area contributed by atoms with Crippen LogP contribution in [0.4, 0.5) is 10.1 Å². The van der Waals surface area contributed by atoms with Gasteiger partial charge in [0.15, 0.2) is 0 Å². The predicted octanol–water partition coefficient (Wildman–Crippen LogP) is 5.77. The maximum atomic E-state index is 13.5. The van der Waals surface area contributed by atoms with E-state index in [0.29, 0.717) is 22.0 Å². The summed E-state index contributed by atoms with van der Waals surface area (Å²) in [5.74, 6) is -2.29. The van der Waals surface area contributed by atoms with Crippen molar-refractivity contribution in [2.75, 3.05) is 12.0 Å². The first-order valence-corrected chi connectivity index (χ1v) is 10.2. The molecule has 0 saturated carbocycles. The molecule has 0 spiro atoms. The number of ketones is 1. The molecule has 1 aliphatic rings. The average Bonchev–Trinajstić information content (AvgIpc) is 3.05. The number of ether oxygens (including phenoxy) is 1. The highest BCUT2D eigenvalue weighted by molar-refractivity contribution is 6.52. The van der Waals surface area contributed by atoms with Crippen molar-refractivity contribution < 1.29 is 23.8 Å². The van der Waals surface area contributed by atoms with Crippen LogP contribution < -0.4 is 9.64 Å². The Morgan fingerprint density at radius 2 is 1.66 bits per heavy atom. The number of benzene rings is 3. The summed E-state index contributed by atoms with van der Waals surface area (Å²) >= 11 is 12.3. The number of carbonyl (C=O) groups excluding carboxylic acids is 2. The topological polar surface area (TPSA) is 66.8 Å². The van der Waals surface area contributed by atoms with Crippen LogP contribution in [0.1, 0.15) is 17.2 Å². The lowest BCUT2D eigenvalue weighted by Crippen LogP contribution is -2.29. The van der Waals surface area contributed by atoms with Crippen molar-refractivity contribution in [1.82, 2.24) is 0 Å². The molecule has 0 bridgehead atoms. The Morgan fingerprint density at radius 1 is 1.00 bits per heavy atom. The van der Waals surface area contributed by atoms with Gasteiger partial charge in [-0.2, -0.15) is 0 Å². The van der Waals surface area contributed by atoms with Gasteiger partial charge in [0.25, 0.3) is 11.7 Å². The molecule has 3 aromatic carbocycles. The molecule has 1 unspecified atom stereocenters. The fourth-order valence-corrected chi connectivity index (χ4v) is 3.95. The summed E-state index contributed by atoms with van der Waals surface area (Å²) in [7, 11) is 1.45. The van der Waals surface area contributed by atoms with Crippen LogP contribution in [0.2, 0.25) is 10.0 Å². The Bertz CT molecular complexity index is 1240. The second-order valence-corrected chi connectivity index (χ2v) is 7.89. The number of hydrogen-bond acceptors (Lipinski definition) is 4. The molecular formula is C24H16Cl2FNO4. The third kappa shape index (κ3) is 3.83. The number of aliphatic hydroxyl groups excluding tert-OH is 1. The van der Waals surface area contributed by atoms with Crippen molar-refractivity contribution in [3.8, 4) is 5.75 Å². The fraction of sp³-hybridized carbons (Fsp3) is 0.0833. The zero-order valence-corrected chi connectivity index (χ0v) is 18.2. The van der Waals surface area contributed by atoms with Gasteiger partial charge in [-0.15, -0.1) is 0 Å². The molecule has 1 aliphatic heterocycles. The highest BCUT2D eigenvalue weighted by Gasteiger charge is 2.47. The number of anilines is 1. The molecule has 3 aromatic rings. The first-order chi connectivity index (χ1) is 15.3. The van der Waals surface area contributed by atoms with Crippen LogP contribution in [0.15, 0.2) is 72.3 Å². The van der Waals surface area contributed by atoms with E-state index in [0.717, 1.165) is 0 Å². The van der Waals surface area contributed by atoms with Crippen molar-refractivity contribution >= 4 is 46.3 Å². The molecular weight excluding hydrogens is 456 g/mol.